The third-order valence-electron chi connectivity index (χ3n) is 3.87. The second kappa shape index (κ2) is 6.81. The lowest BCUT2D eigenvalue weighted by Gasteiger charge is -2.21. The average molecular weight is 346 g/mol. The molecule has 0 radical (unpaired) electrons. The Morgan fingerprint density at radius 3 is 2.67 bits per heavy atom. The van der Waals surface area contributed by atoms with Crippen molar-refractivity contribution in [1.29, 1.82) is 0 Å². The lowest BCUT2D eigenvalue weighted by Crippen LogP contribution is -2.26. The molecule has 1 aromatic heterocycles. The SMILES string of the molecule is Cc1nc(C(C)C)sc1C(=O)N(C)Cc1ccc2c(c1)OCCO2. The van der Waals surface area contributed by atoms with Crippen molar-refractivity contribution in [3.63, 3.8) is 0 Å². The molecule has 5 nitrogen and oxygen atoms in total. The summed E-state index contributed by atoms with van der Waals surface area (Å²) in [5.74, 6) is 1.85. The van der Waals surface area contributed by atoms with E-state index < -0.39 is 0 Å². The highest BCUT2D eigenvalue weighted by Crippen LogP contribution is 2.31. The average Bonchev–Trinajstić information content (AvgIpc) is 2.96. The second-order valence-electron chi connectivity index (χ2n) is 6.26. The lowest BCUT2D eigenvalue weighted by molar-refractivity contribution is 0.0788. The van der Waals surface area contributed by atoms with Crippen molar-refractivity contribution >= 4 is 17.2 Å². The van der Waals surface area contributed by atoms with Crippen LogP contribution in [0.2, 0.25) is 0 Å². The van der Waals surface area contributed by atoms with E-state index in [0.29, 0.717) is 25.7 Å². The van der Waals surface area contributed by atoms with E-state index in [9.17, 15) is 4.79 Å². The minimum absolute atomic E-state index is 0.00629. The molecule has 0 aliphatic carbocycles. The number of amides is 1. The zero-order valence-electron chi connectivity index (χ0n) is 14.5. The predicted molar refractivity (Wildman–Crippen MR) is 94.2 cm³/mol. The van der Waals surface area contributed by atoms with Crippen LogP contribution in [0.25, 0.3) is 0 Å². The number of benzene rings is 1. The van der Waals surface area contributed by atoms with E-state index in [1.54, 1.807) is 4.90 Å². The number of carbonyl (C=O) groups excluding carboxylic acids is 1. The summed E-state index contributed by atoms with van der Waals surface area (Å²) in [6, 6.07) is 5.81. The topological polar surface area (TPSA) is 51.7 Å². The van der Waals surface area contributed by atoms with Gasteiger partial charge in [-0.15, -0.1) is 11.3 Å². The summed E-state index contributed by atoms with van der Waals surface area (Å²) in [5.41, 5.74) is 1.82. The standard InChI is InChI=1S/C18H22N2O3S/c1-11(2)17-19-12(3)16(24-17)18(21)20(4)10-13-5-6-14-15(9-13)23-8-7-22-14/h5-6,9,11H,7-8,10H2,1-4H3. The molecule has 2 aromatic rings. The Kier molecular flexibility index (Phi) is 4.76. The fourth-order valence-electron chi connectivity index (χ4n) is 2.57. The van der Waals surface area contributed by atoms with Crippen molar-refractivity contribution in [2.24, 2.45) is 0 Å². The maximum absolute atomic E-state index is 12.7. The number of aromatic nitrogens is 1. The highest BCUT2D eigenvalue weighted by atomic mass is 32.1. The zero-order chi connectivity index (χ0) is 17.3. The van der Waals surface area contributed by atoms with Gasteiger partial charge in [0, 0.05) is 19.5 Å². The maximum atomic E-state index is 12.7. The Bertz CT molecular complexity index is 755. The Balaban J connectivity index is 1.74. The monoisotopic (exact) mass is 346 g/mol. The van der Waals surface area contributed by atoms with Crippen molar-refractivity contribution in [3.8, 4) is 11.5 Å². The summed E-state index contributed by atoms with van der Waals surface area (Å²) in [6.07, 6.45) is 0. The number of hydrogen-bond donors (Lipinski definition) is 0. The van der Waals surface area contributed by atoms with E-state index in [4.69, 9.17) is 9.47 Å². The highest BCUT2D eigenvalue weighted by molar-refractivity contribution is 7.13. The summed E-state index contributed by atoms with van der Waals surface area (Å²) < 4.78 is 11.1. The van der Waals surface area contributed by atoms with Gasteiger partial charge in [0.1, 0.15) is 18.1 Å². The molecule has 6 heteroatoms. The van der Waals surface area contributed by atoms with Gasteiger partial charge in [0.05, 0.1) is 10.7 Å². The van der Waals surface area contributed by atoms with Gasteiger partial charge < -0.3 is 14.4 Å². The Hall–Kier alpha value is -2.08. The Labute approximate surface area is 146 Å². The van der Waals surface area contributed by atoms with Crippen LogP contribution in [-0.4, -0.2) is 36.1 Å². The number of rotatable bonds is 4. The first-order chi connectivity index (χ1) is 11.5. The highest BCUT2D eigenvalue weighted by Gasteiger charge is 2.21. The molecule has 0 saturated carbocycles. The van der Waals surface area contributed by atoms with Gasteiger partial charge in [0.2, 0.25) is 0 Å². The summed E-state index contributed by atoms with van der Waals surface area (Å²) in [5, 5.41) is 1.00. The fraction of sp³-hybridized carbons (Fsp3) is 0.444. The third-order valence-corrected chi connectivity index (χ3v) is 5.32. The Morgan fingerprint density at radius 2 is 2.00 bits per heavy atom. The van der Waals surface area contributed by atoms with E-state index in [1.807, 2.05) is 32.2 Å². The van der Waals surface area contributed by atoms with Crippen LogP contribution >= 0.6 is 11.3 Å². The van der Waals surface area contributed by atoms with Gasteiger partial charge in [-0.3, -0.25) is 4.79 Å². The molecule has 0 atom stereocenters. The van der Waals surface area contributed by atoms with Crippen LogP contribution < -0.4 is 9.47 Å². The van der Waals surface area contributed by atoms with Crippen molar-refractivity contribution < 1.29 is 14.3 Å². The molecule has 3 rings (SSSR count). The minimum atomic E-state index is 0.00629. The summed E-state index contributed by atoms with van der Waals surface area (Å²) in [6.45, 7) is 7.73. The number of nitrogens with zero attached hydrogens (tertiary/aromatic N) is 2. The number of carbonyl (C=O) groups is 1. The van der Waals surface area contributed by atoms with E-state index in [1.165, 1.54) is 11.3 Å². The maximum Gasteiger partial charge on any atom is 0.265 e. The van der Waals surface area contributed by atoms with Crippen LogP contribution in [0.3, 0.4) is 0 Å². The van der Waals surface area contributed by atoms with E-state index >= 15 is 0 Å². The van der Waals surface area contributed by atoms with Crippen LogP contribution in [0.5, 0.6) is 11.5 Å². The van der Waals surface area contributed by atoms with Gasteiger partial charge in [-0.05, 0) is 24.6 Å². The molecule has 0 saturated heterocycles. The first-order valence-corrected chi connectivity index (χ1v) is 8.88. The number of hydrogen-bond acceptors (Lipinski definition) is 5. The quantitative estimate of drug-likeness (QED) is 0.848. The molecule has 1 aliphatic rings. The number of thiazole rings is 1. The van der Waals surface area contributed by atoms with Gasteiger partial charge in [0.15, 0.2) is 11.5 Å². The zero-order valence-corrected chi connectivity index (χ0v) is 15.3. The molecule has 24 heavy (non-hydrogen) atoms. The molecule has 0 unspecified atom stereocenters. The molecule has 0 bridgehead atoms. The third kappa shape index (κ3) is 3.38. The number of ether oxygens (including phenoxy) is 2. The van der Waals surface area contributed by atoms with Crippen LogP contribution in [-0.2, 0) is 6.54 Å². The predicted octanol–water partition coefficient (Wildman–Crippen LogP) is 3.62. The molecule has 2 heterocycles. The number of aryl methyl sites for hydroxylation is 1. The molecular formula is C18H22N2O3S. The number of fused-ring (bicyclic) bond motifs is 1. The molecule has 1 amide bonds. The molecule has 0 spiro atoms. The van der Waals surface area contributed by atoms with Crippen LogP contribution in [0, 0.1) is 6.92 Å². The molecular weight excluding hydrogens is 324 g/mol. The van der Waals surface area contributed by atoms with Gasteiger partial charge in [-0.2, -0.15) is 0 Å². The first kappa shape index (κ1) is 16.8. The van der Waals surface area contributed by atoms with E-state index in [0.717, 1.165) is 32.6 Å². The van der Waals surface area contributed by atoms with Gasteiger partial charge in [-0.25, -0.2) is 4.98 Å². The lowest BCUT2D eigenvalue weighted by atomic mass is 10.2. The van der Waals surface area contributed by atoms with Crippen LogP contribution in [0.4, 0.5) is 0 Å². The molecule has 128 valence electrons. The van der Waals surface area contributed by atoms with Crippen molar-refractivity contribution in [3.05, 3.63) is 39.3 Å². The largest absolute Gasteiger partial charge is 0.486 e. The second-order valence-corrected chi connectivity index (χ2v) is 7.29. The van der Waals surface area contributed by atoms with Crippen molar-refractivity contribution in [2.45, 2.75) is 33.2 Å². The van der Waals surface area contributed by atoms with Crippen LogP contribution in [0.15, 0.2) is 18.2 Å². The first-order valence-electron chi connectivity index (χ1n) is 8.07. The summed E-state index contributed by atoms with van der Waals surface area (Å²) in [4.78, 5) is 19.7. The molecule has 0 N–H and O–H groups in total. The summed E-state index contributed by atoms with van der Waals surface area (Å²) >= 11 is 1.49. The van der Waals surface area contributed by atoms with Crippen molar-refractivity contribution in [1.82, 2.24) is 9.88 Å². The van der Waals surface area contributed by atoms with Gasteiger partial charge in [-0.1, -0.05) is 19.9 Å². The van der Waals surface area contributed by atoms with Gasteiger partial charge >= 0.3 is 0 Å². The fourth-order valence-corrected chi connectivity index (χ4v) is 3.63. The van der Waals surface area contributed by atoms with Crippen molar-refractivity contribution in [2.75, 3.05) is 20.3 Å². The van der Waals surface area contributed by atoms with Gasteiger partial charge in [0.25, 0.3) is 5.91 Å². The molecule has 0 fully saturated rings. The molecule has 1 aliphatic heterocycles. The van der Waals surface area contributed by atoms with E-state index in [2.05, 4.69) is 18.8 Å². The minimum Gasteiger partial charge on any atom is -0.486 e. The van der Waals surface area contributed by atoms with Crippen LogP contribution in [0.1, 0.15) is 45.7 Å². The smallest absolute Gasteiger partial charge is 0.265 e. The Morgan fingerprint density at radius 1 is 1.29 bits per heavy atom. The van der Waals surface area contributed by atoms with E-state index in [-0.39, 0.29) is 5.91 Å². The molecule has 1 aromatic carbocycles. The normalized spacial score (nSPS) is 13.2. The summed E-state index contributed by atoms with van der Waals surface area (Å²) in [7, 11) is 1.81.